The van der Waals surface area contributed by atoms with E-state index in [2.05, 4.69) is 9.97 Å². The summed E-state index contributed by atoms with van der Waals surface area (Å²) >= 11 is 0. The molecule has 0 amide bonds. The Kier molecular flexibility index (Phi) is 7.19. The van der Waals surface area contributed by atoms with Gasteiger partial charge in [-0.15, -0.1) is 0 Å². The SMILES string of the molecule is Cc1cn(C2CC[C@@H](COCC[C@@H]3CC(COP(C)(=O)O)OC3C)O2)c2ncnc(N)c12. The summed E-state index contributed by atoms with van der Waals surface area (Å²) in [7, 11) is -3.47. The molecule has 2 aromatic heterocycles. The van der Waals surface area contributed by atoms with E-state index in [1.54, 1.807) is 0 Å². The number of ether oxygens (including phenoxy) is 3. The van der Waals surface area contributed by atoms with Crippen LogP contribution in [0.25, 0.3) is 11.0 Å². The van der Waals surface area contributed by atoms with Crippen LogP contribution in [-0.2, 0) is 23.3 Å². The molecule has 4 unspecified atom stereocenters. The van der Waals surface area contributed by atoms with Crippen LogP contribution in [0.1, 0.15) is 44.4 Å². The first-order valence-electron chi connectivity index (χ1n) is 11.1. The molecule has 0 saturated carbocycles. The van der Waals surface area contributed by atoms with Gasteiger partial charge in [0.15, 0.2) is 0 Å². The summed E-state index contributed by atoms with van der Waals surface area (Å²) in [6.07, 6.45) is 6.88. The lowest BCUT2D eigenvalue weighted by molar-refractivity contribution is -0.0424. The van der Waals surface area contributed by atoms with Gasteiger partial charge in [0.05, 0.1) is 36.9 Å². The number of rotatable bonds is 9. The minimum Gasteiger partial charge on any atom is -0.383 e. The highest BCUT2D eigenvalue weighted by molar-refractivity contribution is 7.51. The van der Waals surface area contributed by atoms with Crippen molar-refractivity contribution in [2.45, 2.75) is 64.1 Å². The summed E-state index contributed by atoms with van der Waals surface area (Å²) < 4.78 is 36.3. The van der Waals surface area contributed by atoms with E-state index in [0.717, 1.165) is 42.3 Å². The number of anilines is 1. The summed E-state index contributed by atoms with van der Waals surface area (Å²) in [6, 6.07) is 0. The molecule has 0 aliphatic carbocycles. The number of aromatic nitrogens is 3. The van der Waals surface area contributed by atoms with Gasteiger partial charge in [0, 0.05) is 19.5 Å². The number of aryl methyl sites for hydroxylation is 1. The Morgan fingerprint density at radius 1 is 1.28 bits per heavy atom. The molecule has 2 saturated heterocycles. The van der Waals surface area contributed by atoms with Crippen molar-refractivity contribution in [1.82, 2.24) is 14.5 Å². The van der Waals surface area contributed by atoms with Crippen molar-refractivity contribution in [2.24, 2.45) is 5.92 Å². The Morgan fingerprint density at radius 3 is 2.88 bits per heavy atom. The van der Waals surface area contributed by atoms with Crippen LogP contribution in [0.2, 0.25) is 0 Å². The zero-order chi connectivity index (χ0) is 22.9. The maximum atomic E-state index is 11.3. The van der Waals surface area contributed by atoms with Gasteiger partial charge in [0.2, 0.25) is 0 Å². The number of nitrogens with zero attached hydrogens (tertiary/aromatic N) is 3. The molecular weight excluding hydrogens is 435 g/mol. The Labute approximate surface area is 187 Å². The summed E-state index contributed by atoms with van der Waals surface area (Å²) in [4.78, 5) is 17.8. The zero-order valence-corrected chi connectivity index (χ0v) is 19.7. The van der Waals surface area contributed by atoms with Crippen LogP contribution in [0.4, 0.5) is 5.82 Å². The van der Waals surface area contributed by atoms with E-state index in [9.17, 15) is 9.46 Å². The standard InChI is InChI=1S/C21H33N4O6P/c1-13-9-25(21-19(13)20(22)23-12-24-21)18-5-4-16(31-18)10-28-7-6-15-8-17(30-14(15)2)11-29-32(3,26)27/h9,12,14-18H,4-8,10-11H2,1-3H3,(H,26,27)(H2,22,23,24)/t14?,15-,16+,17?,18?/m1/s1. The third kappa shape index (κ3) is 5.50. The molecule has 0 radical (unpaired) electrons. The minimum absolute atomic E-state index is 0.0404. The highest BCUT2D eigenvalue weighted by Crippen LogP contribution is 2.39. The van der Waals surface area contributed by atoms with Crippen LogP contribution in [0.15, 0.2) is 12.5 Å². The molecule has 2 fully saturated rings. The monoisotopic (exact) mass is 468 g/mol. The van der Waals surface area contributed by atoms with E-state index in [1.165, 1.54) is 13.0 Å². The summed E-state index contributed by atoms with van der Waals surface area (Å²) in [5, 5.41) is 0.883. The van der Waals surface area contributed by atoms with Crippen LogP contribution < -0.4 is 5.73 Å². The summed E-state index contributed by atoms with van der Waals surface area (Å²) in [5.41, 5.74) is 7.86. The molecule has 0 bridgehead atoms. The lowest BCUT2D eigenvalue weighted by Gasteiger charge is -2.17. The Hall–Kier alpha value is -1.55. The molecule has 0 spiro atoms. The molecule has 6 atom stereocenters. The number of nitrogen functional groups attached to an aromatic ring is 1. The van der Waals surface area contributed by atoms with E-state index in [1.807, 2.05) is 24.6 Å². The van der Waals surface area contributed by atoms with Crippen molar-refractivity contribution in [1.29, 1.82) is 0 Å². The van der Waals surface area contributed by atoms with Gasteiger partial charge >= 0.3 is 7.60 Å². The lowest BCUT2D eigenvalue weighted by Crippen LogP contribution is -2.19. The topological polar surface area (TPSA) is 131 Å². The van der Waals surface area contributed by atoms with Gasteiger partial charge in [-0.1, -0.05) is 0 Å². The normalized spacial score (nSPS) is 30.2. The number of hydrogen-bond acceptors (Lipinski definition) is 8. The summed E-state index contributed by atoms with van der Waals surface area (Å²) in [6.45, 7) is 6.54. The smallest absolute Gasteiger partial charge is 0.325 e. The average Bonchev–Trinajstić information content (AvgIpc) is 3.41. The molecular formula is C21H33N4O6P. The van der Waals surface area contributed by atoms with Crippen LogP contribution in [-0.4, -0.2) is 64.2 Å². The van der Waals surface area contributed by atoms with Gasteiger partial charge < -0.3 is 33.9 Å². The van der Waals surface area contributed by atoms with Crippen molar-refractivity contribution in [2.75, 3.05) is 32.2 Å². The molecule has 0 aromatic carbocycles. The molecule has 2 aliphatic rings. The molecule has 3 N–H and O–H groups in total. The van der Waals surface area contributed by atoms with Crippen molar-refractivity contribution >= 4 is 24.4 Å². The lowest BCUT2D eigenvalue weighted by atomic mass is 9.97. The molecule has 2 aliphatic heterocycles. The van der Waals surface area contributed by atoms with Crippen LogP contribution in [0, 0.1) is 12.8 Å². The van der Waals surface area contributed by atoms with Gasteiger partial charge in [-0.05, 0) is 51.0 Å². The molecule has 2 aromatic rings. The Balaban J connectivity index is 1.21. The second kappa shape index (κ2) is 9.75. The van der Waals surface area contributed by atoms with E-state index in [-0.39, 0.29) is 31.1 Å². The molecule has 32 heavy (non-hydrogen) atoms. The van der Waals surface area contributed by atoms with Crippen LogP contribution >= 0.6 is 7.60 Å². The molecule has 4 heterocycles. The minimum atomic E-state index is -3.47. The molecule has 178 valence electrons. The molecule has 10 nitrogen and oxygen atoms in total. The largest absolute Gasteiger partial charge is 0.383 e. The highest BCUT2D eigenvalue weighted by Gasteiger charge is 2.33. The van der Waals surface area contributed by atoms with Gasteiger partial charge in [0.25, 0.3) is 0 Å². The summed E-state index contributed by atoms with van der Waals surface area (Å²) in [5.74, 6) is 0.832. The molecule has 11 heteroatoms. The van der Waals surface area contributed by atoms with Crippen molar-refractivity contribution in [3.05, 3.63) is 18.1 Å². The Bertz CT molecular complexity index is 979. The van der Waals surface area contributed by atoms with Crippen LogP contribution in [0.3, 0.4) is 0 Å². The second-order valence-electron chi connectivity index (χ2n) is 8.89. The van der Waals surface area contributed by atoms with Crippen molar-refractivity contribution in [3.8, 4) is 0 Å². The van der Waals surface area contributed by atoms with E-state index < -0.39 is 7.60 Å². The first kappa shape index (κ1) is 23.6. The highest BCUT2D eigenvalue weighted by atomic mass is 31.2. The fourth-order valence-corrected chi connectivity index (χ4v) is 5.10. The van der Waals surface area contributed by atoms with Gasteiger partial charge in [-0.25, -0.2) is 9.97 Å². The third-order valence-corrected chi connectivity index (χ3v) is 6.93. The zero-order valence-electron chi connectivity index (χ0n) is 18.8. The quantitative estimate of drug-likeness (QED) is 0.421. The van der Waals surface area contributed by atoms with Gasteiger partial charge in [0.1, 0.15) is 24.0 Å². The Morgan fingerprint density at radius 2 is 2.09 bits per heavy atom. The van der Waals surface area contributed by atoms with Crippen molar-refractivity contribution in [3.63, 3.8) is 0 Å². The number of nitrogens with two attached hydrogens (primary N) is 1. The van der Waals surface area contributed by atoms with Crippen molar-refractivity contribution < 1.29 is 28.2 Å². The average molecular weight is 468 g/mol. The van der Waals surface area contributed by atoms with E-state index in [0.29, 0.717) is 24.9 Å². The predicted molar refractivity (Wildman–Crippen MR) is 119 cm³/mol. The third-order valence-electron chi connectivity index (χ3n) is 6.30. The van der Waals surface area contributed by atoms with E-state index >= 15 is 0 Å². The maximum Gasteiger partial charge on any atom is 0.325 e. The van der Waals surface area contributed by atoms with Gasteiger partial charge in [-0.3, -0.25) is 4.57 Å². The first-order valence-corrected chi connectivity index (χ1v) is 13.1. The molecule has 4 rings (SSSR count). The van der Waals surface area contributed by atoms with Gasteiger partial charge in [-0.2, -0.15) is 0 Å². The van der Waals surface area contributed by atoms with Crippen LogP contribution in [0.5, 0.6) is 0 Å². The predicted octanol–water partition coefficient (Wildman–Crippen LogP) is 3.03. The number of hydrogen-bond donors (Lipinski definition) is 2. The first-order chi connectivity index (χ1) is 15.2. The fourth-order valence-electron chi connectivity index (χ4n) is 4.66. The fraction of sp³-hybridized carbons (Fsp3) is 0.714. The number of fused-ring (bicyclic) bond motifs is 1. The second-order valence-corrected chi connectivity index (χ2v) is 10.8. The maximum absolute atomic E-state index is 11.3. The van der Waals surface area contributed by atoms with E-state index in [4.69, 9.17) is 24.5 Å².